The smallest absolute Gasteiger partial charge is 0.123 e. The maximum atomic E-state index is 13.2. The summed E-state index contributed by atoms with van der Waals surface area (Å²) in [5, 5.41) is 3.31. The van der Waals surface area contributed by atoms with Gasteiger partial charge in [0.15, 0.2) is 0 Å². The van der Waals surface area contributed by atoms with E-state index >= 15 is 0 Å². The van der Waals surface area contributed by atoms with Gasteiger partial charge in [-0.15, -0.1) is 0 Å². The third kappa shape index (κ3) is 4.00. The van der Waals surface area contributed by atoms with E-state index in [1.54, 1.807) is 12.1 Å². The first-order valence-corrected chi connectivity index (χ1v) is 7.84. The van der Waals surface area contributed by atoms with Gasteiger partial charge in [-0.05, 0) is 77.5 Å². The average Bonchev–Trinajstić information content (AvgIpc) is 2.39. The normalized spacial score (nSPS) is 12.4. The molecule has 0 radical (unpaired) electrons. The van der Waals surface area contributed by atoms with Gasteiger partial charge in [0, 0.05) is 14.1 Å². The van der Waals surface area contributed by atoms with Gasteiger partial charge in [0.25, 0.3) is 0 Å². The zero-order valence-electron chi connectivity index (χ0n) is 10.5. The Balaban J connectivity index is 2.27. The summed E-state index contributed by atoms with van der Waals surface area (Å²) in [7, 11) is 1.93. The second-order valence-electron chi connectivity index (χ2n) is 4.34. The molecule has 0 saturated carbocycles. The Morgan fingerprint density at radius 3 is 2.74 bits per heavy atom. The maximum absolute atomic E-state index is 13.2. The quantitative estimate of drug-likeness (QED) is 0.689. The van der Waals surface area contributed by atoms with Gasteiger partial charge in [0.1, 0.15) is 5.82 Å². The first-order valence-electron chi connectivity index (χ1n) is 5.97. The third-order valence-corrected chi connectivity index (χ3v) is 4.49. The van der Waals surface area contributed by atoms with Gasteiger partial charge in [-0.2, -0.15) is 0 Å². The second kappa shape index (κ2) is 6.81. The van der Waals surface area contributed by atoms with Gasteiger partial charge >= 0.3 is 0 Å². The summed E-state index contributed by atoms with van der Waals surface area (Å²) in [5.74, 6) is -0.184. The molecule has 1 nitrogen and oxygen atoms in total. The third-order valence-electron chi connectivity index (χ3n) is 3.01. The Bertz CT molecular complexity index is 574. The summed E-state index contributed by atoms with van der Waals surface area (Å²) in [5.41, 5.74) is 2.22. The summed E-state index contributed by atoms with van der Waals surface area (Å²) >= 11 is 5.83. The van der Waals surface area contributed by atoms with Crippen molar-refractivity contribution in [1.82, 2.24) is 5.32 Å². The van der Waals surface area contributed by atoms with Crippen LogP contribution in [0.3, 0.4) is 0 Å². The second-order valence-corrected chi connectivity index (χ2v) is 6.42. The largest absolute Gasteiger partial charge is 0.313 e. The molecule has 0 aromatic heterocycles. The van der Waals surface area contributed by atoms with Crippen molar-refractivity contribution in [2.75, 3.05) is 7.05 Å². The van der Waals surface area contributed by atoms with Crippen LogP contribution in [0, 0.1) is 9.39 Å². The summed E-state index contributed by atoms with van der Waals surface area (Å²) in [6.07, 6.45) is 0.765. The molecule has 2 aromatic rings. The number of hydrogen-bond acceptors (Lipinski definition) is 1. The highest BCUT2D eigenvalue weighted by Gasteiger charge is 2.14. The van der Waals surface area contributed by atoms with Crippen LogP contribution in [0.4, 0.5) is 4.39 Å². The zero-order chi connectivity index (χ0) is 13.8. The molecule has 2 rings (SSSR count). The lowest BCUT2D eigenvalue weighted by molar-refractivity contribution is 0.582. The highest BCUT2D eigenvalue weighted by atomic mass is 127. The molecule has 0 bridgehead atoms. The average molecular weight is 434 g/mol. The Labute approximate surface area is 134 Å². The lowest BCUT2D eigenvalue weighted by atomic mass is 9.99. The van der Waals surface area contributed by atoms with Crippen molar-refractivity contribution in [2.45, 2.75) is 12.5 Å². The van der Waals surface area contributed by atoms with E-state index in [0.29, 0.717) is 0 Å². The highest BCUT2D eigenvalue weighted by Crippen LogP contribution is 2.26. The monoisotopic (exact) mass is 433 g/mol. The molecule has 0 saturated heterocycles. The van der Waals surface area contributed by atoms with Crippen LogP contribution < -0.4 is 5.32 Å². The Kier molecular flexibility index (Phi) is 5.36. The topological polar surface area (TPSA) is 12.0 Å². The van der Waals surface area contributed by atoms with Gasteiger partial charge in [-0.3, -0.25) is 0 Å². The molecule has 0 aliphatic heterocycles. The van der Waals surface area contributed by atoms with Crippen LogP contribution in [0.2, 0.25) is 0 Å². The van der Waals surface area contributed by atoms with Crippen LogP contribution in [0.1, 0.15) is 17.2 Å². The van der Waals surface area contributed by atoms with Crippen LogP contribution in [-0.2, 0) is 6.42 Å². The maximum Gasteiger partial charge on any atom is 0.123 e. The van der Waals surface area contributed by atoms with Gasteiger partial charge in [0.05, 0.1) is 0 Å². The molecule has 0 spiro atoms. The molecular weight excluding hydrogens is 420 g/mol. The van der Waals surface area contributed by atoms with Crippen molar-refractivity contribution in [3.8, 4) is 0 Å². The lowest BCUT2D eigenvalue weighted by Gasteiger charge is -2.19. The molecule has 0 amide bonds. The molecule has 0 aliphatic rings. The van der Waals surface area contributed by atoms with E-state index in [1.165, 1.54) is 15.2 Å². The minimum Gasteiger partial charge on any atom is -0.313 e. The van der Waals surface area contributed by atoms with Crippen molar-refractivity contribution in [3.05, 3.63) is 67.5 Å². The standard InChI is InChI=1S/C15H14BrFIN/c1-19-15(8-10-3-2-4-12(17)7-10)13-9-11(16)5-6-14(13)18/h2-7,9,15,19H,8H2,1H3. The molecule has 0 aliphatic carbocycles. The predicted molar refractivity (Wildman–Crippen MR) is 88.8 cm³/mol. The first-order chi connectivity index (χ1) is 9.10. The molecule has 19 heavy (non-hydrogen) atoms. The van der Waals surface area contributed by atoms with E-state index in [0.717, 1.165) is 16.5 Å². The van der Waals surface area contributed by atoms with E-state index < -0.39 is 0 Å². The van der Waals surface area contributed by atoms with Crippen molar-refractivity contribution >= 4 is 38.5 Å². The number of benzene rings is 2. The molecule has 1 atom stereocenters. The molecule has 2 aromatic carbocycles. The van der Waals surface area contributed by atoms with Gasteiger partial charge in [0.2, 0.25) is 0 Å². The summed E-state index contributed by atoms with van der Waals surface area (Å²) in [6.45, 7) is 0. The minimum atomic E-state index is -0.184. The fourth-order valence-electron chi connectivity index (χ4n) is 2.05. The first kappa shape index (κ1) is 14.9. The van der Waals surface area contributed by atoms with Gasteiger partial charge in [-0.1, -0.05) is 28.1 Å². The molecule has 1 unspecified atom stereocenters. The van der Waals surface area contributed by atoms with Crippen LogP contribution >= 0.6 is 38.5 Å². The van der Waals surface area contributed by atoms with Crippen molar-refractivity contribution in [3.63, 3.8) is 0 Å². The van der Waals surface area contributed by atoms with Crippen LogP contribution in [0.25, 0.3) is 0 Å². The number of likely N-dealkylation sites (N-methyl/N-ethyl adjacent to an activating group) is 1. The number of halogens is 3. The highest BCUT2D eigenvalue weighted by molar-refractivity contribution is 14.1. The predicted octanol–water partition coefficient (Wildman–Crippen LogP) is 4.70. The fraction of sp³-hybridized carbons (Fsp3) is 0.200. The Morgan fingerprint density at radius 2 is 2.05 bits per heavy atom. The van der Waals surface area contributed by atoms with Crippen molar-refractivity contribution in [1.29, 1.82) is 0 Å². The fourth-order valence-corrected chi connectivity index (χ4v) is 3.14. The van der Waals surface area contributed by atoms with Crippen LogP contribution in [0.5, 0.6) is 0 Å². The number of hydrogen-bond donors (Lipinski definition) is 1. The molecule has 0 heterocycles. The molecule has 0 fully saturated rings. The minimum absolute atomic E-state index is 0.172. The summed E-state index contributed by atoms with van der Waals surface area (Å²) < 4.78 is 15.5. The molecule has 100 valence electrons. The van der Waals surface area contributed by atoms with Crippen LogP contribution in [-0.4, -0.2) is 7.05 Å². The summed E-state index contributed by atoms with van der Waals surface area (Å²) in [4.78, 5) is 0. The molecule has 4 heteroatoms. The molecular formula is C15H14BrFIN. The van der Waals surface area contributed by atoms with Gasteiger partial charge < -0.3 is 5.32 Å². The van der Waals surface area contributed by atoms with E-state index in [-0.39, 0.29) is 11.9 Å². The van der Waals surface area contributed by atoms with Crippen molar-refractivity contribution in [2.24, 2.45) is 0 Å². The number of rotatable bonds is 4. The Morgan fingerprint density at radius 1 is 1.26 bits per heavy atom. The van der Waals surface area contributed by atoms with E-state index in [9.17, 15) is 4.39 Å². The van der Waals surface area contributed by atoms with Crippen molar-refractivity contribution < 1.29 is 4.39 Å². The molecule has 1 N–H and O–H groups in total. The van der Waals surface area contributed by atoms with E-state index in [4.69, 9.17) is 0 Å². The zero-order valence-corrected chi connectivity index (χ0v) is 14.2. The summed E-state index contributed by atoms with van der Waals surface area (Å²) in [6, 6.07) is 13.2. The Hall–Kier alpha value is -0.460. The van der Waals surface area contributed by atoms with E-state index in [1.807, 2.05) is 19.2 Å². The van der Waals surface area contributed by atoms with E-state index in [2.05, 4.69) is 56.0 Å². The lowest BCUT2D eigenvalue weighted by Crippen LogP contribution is -2.20. The number of nitrogens with one attached hydrogen (secondary N) is 1. The SMILES string of the molecule is CNC(Cc1cccc(F)c1)c1cc(Br)ccc1I. The van der Waals surface area contributed by atoms with Gasteiger partial charge in [-0.25, -0.2) is 4.39 Å². The van der Waals surface area contributed by atoms with Crippen LogP contribution in [0.15, 0.2) is 46.9 Å².